The van der Waals surface area contributed by atoms with Gasteiger partial charge in [-0.15, -0.1) is 0 Å². The summed E-state index contributed by atoms with van der Waals surface area (Å²) in [6, 6.07) is 16.6. The van der Waals surface area contributed by atoms with E-state index in [9.17, 15) is 0 Å². The first kappa shape index (κ1) is 21.5. The van der Waals surface area contributed by atoms with Crippen molar-refractivity contribution >= 4 is 22.3 Å². The number of nitrogens with one attached hydrogen (secondary N) is 1. The Labute approximate surface area is 193 Å². The van der Waals surface area contributed by atoms with Gasteiger partial charge in [0.05, 0.1) is 17.6 Å². The summed E-state index contributed by atoms with van der Waals surface area (Å²) in [5.41, 5.74) is 2.35. The number of hydrogen-bond acceptors (Lipinski definition) is 7. The number of piperidine rings is 1. The molecule has 1 atom stereocenters. The van der Waals surface area contributed by atoms with Gasteiger partial charge >= 0.3 is 0 Å². The van der Waals surface area contributed by atoms with E-state index < -0.39 is 5.79 Å². The zero-order valence-electron chi connectivity index (χ0n) is 18.7. The van der Waals surface area contributed by atoms with Crippen molar-refractivity contribution in [1.29, 1.82) is 0 Å². The lowest BCUT2D eigenvalue weighted by molar-refractivity contribution is -0.140. The molecule has 0 amide bonds. The van der Waals surface area contributed by atoms with Crippen LogP contribution in [0.1, 0.15) is 38.3 Å². The van der Waals surface area contributed by atoms with Gasteiger partial charge in [0.1, 0.15) is 5.82 Å². The van der Waals surface area contributed by atoms with Crippen LogP contribution in [0.2, 0.25) is 0 Å². The maximum absolute atomic E-state index is 5.98. The van der Waals surface area contributed by atoms with E-state index in [2.05, 4.69) is 39.5 Å². The molecule has 3 aromatic rings. The van der Waals surface area contributed by atoms with Gasteiger partial charge in [0, 0.05) is 24.4 Å². The zero-order chi connectivity index (χ0) is 22.0. The molecule has 2 saturated heterocycles. The third kappa shape index (κ3) is 5.18. The van der Waals surface area contributed by atoms with Crippen molar-refractivity contribution in [2.24, 2.45) is 0 Å². The summed E-state index contributed by atoms with van der Waals surface area (Å²) in [6.45, 7) is 7.73. The lowest BCUT2D eigenvalue weighted by Crippen LogP contribution is -2.39. The minimum Gasteiger partial charge on any atom is -0.348 e. The van der Waals surface area contributed by atoms with E-state index in [-0.39, 0.29) is 6.10 Å². The van der Waals surface area contributed by atoms with Crippen molar-refractivity contribution in [1.82, 2.24) is 14.9 Å². The highest BCUT2D eigenvalue weighted by atomic mass is 32.1. The molecule has 2 aliphatic rings. The standard InChI is InChI=1S/C25H30N4O2S/c1-25(2)30-17-20(31-25)16-29-13-11-18(12-14-29)21-9-6-10-23(27-21)28-24-26-15-22(32-24)19-7-4-3-5-8-19/h3-10,15,18,20H,11-14,16-17H2,1-2H3,(H,26,27,28)/t20-/m0/s1. The van der Waals surface area contributed by atoms with Gasteiger partial charge in [-0.1, -0.05) is 47.7 Å². The Morgan fingerprint density at radius 3 is 2.66 bits per heavy atom. The third-order valence-corrected chi connectivity index (χ3v) is 7.07. The lowest BCUT2D eigenvalue weighted by Gasteiger charge is -2.33. The van der Waals surface area contributed by atoms with E-state index in [1.165, 1.54) is 5.56 Å². The second-order valence-electron chi connectivity index (χ2n) is 8.99. The van der Waals surface area contributed by atoms with Crippen molar-refractivity contribution < 1.29 is 9.47 Å². The van der Waals surface area contributed by atoms with Crippen LogP contribution in [-0.4, -0.2) is 53.0 Å². The molecule has 2 fully saturated rings. The molecule has 2 aliphatic heterocycles. The molecule has 0 radical (unpaired) electrons. The second kappa shape index (κ2) is 9.27. The predicted molar refractivity (Wildman–Crippen MR) is 128 cm³/mol. The van der Waals surface area contributed by atoms with Gasteiger partial charge in [-0.3, -0.25) is 0 Å². The summed E-state index contributed by atoms with van der Waals surface area (Å²) in [4.78, 5) is 13.1. The minimum absolute atomic E-state index is 0.172. The van der Waals surface area contributed by atoms with Crippen LogP contribution >= 0.6 is 11.3 Å². The Morgan fingerprint density at radius 2 is 1.91 bits per heavy atom. The number of ether oxygens (including phenoxy) is 2. The van der Waals surface area contributed by atoms with Gasteiger partial charge in [-0.25, -0.2) is 9.97 Å². The summed E-state index contributed by atoms with van der Waals surface area (Å²) >= 11 is 1.65. The molecule has 4 heterocycles. The molecule has 5 rings (SSSR count). The zero-order valence-corrected chi connectivity index (χ0v) is 19.5. The average Bonchev–Trinajstić information content (AvgIpc) is 3.41. The molecule has 0 bridgehead atoms. The number of aromatic nitrogens is 2. The van der Waals surface area contributed by atoms with Crippen LogP contribution < -0.4 is 5.32 Å². The average molecular weight is 451 g/mol. The number of thiazole rings is 1. The smallest absolute Gasteiger partial charge is 0.188 e. The molecule has 0 spiro atoms. The minimum atomic E-state index is -0.445. The molecule has 2 aromatic heterocycles. The van der Waals surface area contributed by atoms with Crippen LogP contribution in [0.15, 0.2) is 54.7 Å². The molecule has 1 N–H and O–H groups in total. The van der Waals surface area contributed by atoms with Crippen LogP contribution in [0.25, 0.3) is 10.4 Å². The maximum atomic E-state index is 5.98. The van der Waals surface area contributed by atoms with Crippen LogP contribution in [0.5, 0.6) is 0 Å². The summed E-state index contributed by atoms with van der Waals surface area (Å²) in [5, 5.41) is 4.26. The number of hydrogen-bond donors (Lipinski definition) is 1. The number of pyridine rings is 1. The Morgan fingerprint density at radius 1 is 1.09 bits per heavy atom. The fourth-order valence-corrected chi connectivity index (χ4v) is 5.31. The van der Waals surface area contributed by atoms with Gasteiger partial charge in [-0.05, 0) is 57.5 Å². The number of likely N-dealkylation sites (tertiary alicyclic amines) is 1. The molecule has 0 unspecified atom stereocenters. The third-order valence-electron chi connectivity index (χ3n) is 6.10. The van der Waals surface area contributed by atoms with Crippen molar-refractivity contribution in [3.05, 3.63) is 60.4 Å². The first-order valence-corrected chi connectivity index (χ1v) is 12.2. The number of benzene rings is 1. The van der Waals surface area contributed by atoms with E-state index in [1.807, 2.05) is 44.3 Å². The predicted octanol–water partition coefficient (Wildman–Crippen LogP) is 5.28. The topological polar surface area (TPSA) is 59.5 Å². The fraction of sp³-hybridized carbons (Fsp3) is 0.440. The fourth-order valence-electron chi connectivity index (χ4n) is 4.48. The van der Waals surface area contributed by atoms with E-state index >= 15 is 0 Å². The van der Waals surface area contributed by atoms with E-state index in [4.69, 9.17) is 14.5 Å². The highest BCUT2D eigenvalue weighted by Crippen LogP contribution is 2.32. The Kier molecular flexibility index (Phi) is 6.24. The molecule has 7 heteroatoms. The lowest BCUT2D eigenvalue weighted by atomic mass is 9.93. The molecular formula is C25H30N4O2S. The van der Waals surface area contributed by atoms with E-state index in [0.29, 0.717) is 12.5 Å². The highest BCUT2D eigenvalue weighted by Gasteiger charge is 2.34. The van der Waals surface area contributed by atoms with E-state index in [0.717, 1.165) is 54.0 Å². The number of rotatable bonds is 6. The van der Waals surface area contributed by atoms with Crippen LogP contribution in [0, 0.1) is 0 Å². The van der Waals surface area contributed by atoms with Gasteiger partial charge in [0.2, 0.25) is 0 Å². The molecule has 32 heavy (non-hydrogen) atoms. The molecule has 6 nitrogen and oxygen atoms in total. The summed E-state index contributed by atoms with van der Waals surface area (Å²) in [6.07, 6.45) is 4.32. The van der Waals surface area contributed by atoms with Crippen molar-refractivity contribution in [2.75, 3.05) is 31.6 Å². The largest absolute Gasteiger partial charge is 0.348 e. The van der Waals surface area contributed by atoms with Crippen molar-refractivity contribution in [3.63, 3.8) is 0 Å². The normalized spacial score (nSPS) is 21.6. The van der Waals surface area contributed by atoms with Crippen LogP contribution in [0.4, 0.5) is 10.9 Å². The second-order valence-corrected chi connectivity index (χ2v) is 10.0. The summed E-state index contributed by atoms with van der Waals surface area (Å²) < 4.78 is 11.7. The summed E-state index contributed by atoms with van der Waals surface area (Å²) in [7, 11) is 0. The Hall–Kier alpha value is -2.32. The molecule has 1 aromatic carbocycles. The monoisotopic (exact) mass is 450 g/mol. The van der Waals surface area contributed by atoms with Gasteiger partial charge < -0.3 is 19.7 Å². The number of nitrogens with zero attached hydrogens (tertiary/aromatic N) is 3. The molecule has 0 saturated carbocycles. The first-order chi connectivity index (χ1) is 15.5. The SMILES string of the molecule is CC1(C)OC[C@H](CN2CCC(c3cccc(Nc4ncc(-c5ccccc5)s4)n3)CC2)O1. The van der Waals surface area contributed by atoms with E-state index in [1.54, 1.807) is 11.3 Å². The summed E-state index contributed by atoms with van der Waals surface area (Å²) in [5.74, 6) is 0.901. The molecule has 168 valence electrons. The van der Waals surface area contributed by atoms with Crippen LogP contribution in [-0.2, 0) is 9.47 Å². The van der Waals surface area contributed by atoms with Crippen molar-refractivity contribution in [3.8, 4) is 10.4 Å². The van der Waals surface area contributed by atoms with Crippen molar-refractivity contribution in [2.45, 2.75) is 44.5 Å². The van der Waals surface area contributed by atoms with Gasteiger partial charge in [-0.2, -0.15) is 0 Å². The Bertz CT molecular complexity index is 1030. The first-order valence-electron chi connectivity index (χ1n) is 11.3. The van der Waals surface area contributed by atoms with Gasteiger partial charge in [0.25, 0.3) is 0 Å². The quantitative estimate of drug-likeness (QED) is 0.551. The molecule has 0 aliphatic carbocycles. The number of anilines is 2. The van der Waals surface area contributed by atoms with Gasteiger partial charge in [0.15, 0.2) is 10.9 Å². The maximum Gasteiger partial charge on any atom is 0.188 e. The highest BCUT2D eigenvalue weighted by molar-refractivity contribution is 7.18. The Balaban J connectivity index is 1.17. The van der Waals surface area contributed by atoms with Crippen LogP contribution in [0.3, 0.4) is 0 Å². The molecular weight excluding hydrogens is 420 g/mol.